The molecule has 0 radical (unpaired) electrons. The maximum Gasteiger partial charge on any atom is 0.410 e. The number of hydrogen-bond donors (Lipinski definition) is 1. The molecule has 4 atom stereocenters. The molecule has 41 heavy (non-hydrogen) atoms. The van der Waals surface area contributed by atoms with Gasteiger partial charge in [-0.25, -0.2) is 9.59 Å². The van der Waals surface area contributed by atoms with Gasteiger partial charge in [-0.05, 0) is 92.2 Å². The van der Waals surface area contributed by atoms with E-state index in [4.69, 9.17) is 14.3 Å². The second kappa shape index (κ2) is 12.8. The number of benzene rings is 1. The van der Waals surface area contributed by atoms with Crippen LogP contribution in [0.25, 0.3) is 0 Å². The van der Waals surface area contributed by atoms with E-state index >= 15 is 0 Å². The summed E-state index contributed by atoms with van der Waals surface area (Å²) in [6.45, 7) is 11.0. The third-order valence-corrected chi connectivity index (χ3v) is 7.20. The summed E-state index contributed by atoms with van der Waals surface area (Å²) in [5, 5.41) is 10.2. The Hall–Kier alpha value is -3.18. The number of aliphatic hydroxyl groups excluding tert-OH is 1. The average molecular weight is 576 g/mol. The van der Waals surface area contributed by atoms with Crippen molar-refractivity contribution in [3.05, 3.63) is 35.4 Å². The van der Waals surface area contributed by atoms with Gasteiger partial charge in [-0.3, -0.25) is 14.4 Å². The molecule has 0 saturated heterocycles. The number of hydroxylamine groups is 2. The molecule has 1 aromatic carbocycles. The highest BCUT2D eigenvalue weighted by Crippen LogP contribution is 2.31. The number of carbonyl (C=O) groups excluding carboxylic acids is 4. The van der Waals surface area contributed by atoms with Crippen LogP contribution in [-0.2, 0) is 14.3 Å². The smallest absolute Gasteiger partial charge is 0.410 e. The Kier molecular flexibility index (Phi) is 10.1. The van der Waals surface area contributed by atoms with Gasteiger partial charge in [-0.2, -0.15) is 0 Å². The first-order chi connectivity index (χ1) is 19.0. The molecule has 0 spiro atoms. The van der Waals surface area contributed by atoms with E-state index in [1.165, 1.54) is 0 Å². The minimum atomic E-state index is -0.556. The quantitative estimate of drug-likeness (QED) is 0.509. The third kappa shape index (κ3) is 8.65. The second-order valence-corrected chi connectivity index (χ2v) is 12.9. The van der Waals surface area contributed by atoms with E-state index in [1.807, 2.05) is 41.5 Å². The summed E-state index contributed by atoms with van der Waals surface area (Å²) in [5.74, 6) is -0.871. The second-order valence-electron chi connectivity index (χ2n) is 12.9. The van der Waals surface area contributed by atoms with Gasteiger partial charge in [0.05, 0.1) is 23.3 Å². The Balaban J connectivity index is 0.000000263. The topological polar surface area (TPSA) is 126 Å². The van der Waals surface area contributed by atoms with Crippen molar-refractivity contribution < 1.29 is 38.6 Å². The largest absolute Gasteiger partial charge is 0.444 e. The number of fused-ring (bicyclic) bond motifs is 1. The Morgan fingerprint density at radius 2 is 1.22 bits per heavy atom. The standard InChI is InChI=1S/C19H24N2O5.C11H21NO3/c1-19(2,3)25-18(24)20(4)12-9-10-13(11-12)26-21-16(22)14-7-5-6-8-15(14)17(21)23;1-11(2,3)15-10(14)12(4)8-5-6-9(13)7-8/h5-8,12-13H,9-11H2,1-4H3;8-9,13H,5-7H2,1-4H3. The van der Waals surface area contributed by atoms with E-state index < -0.39 is 23.0 Å². The number of carbonyl (C=O) groups is 4. The first kappa shape index (κ1) is 32.3. The summed E-state index contributed by atoms with van der Waals surface area (Å²) >= 11 is 0. The van der Waals surface area contributed by atoms with Crippen molar-refractivity contribution in [1.29, 1.82) is 0 Å². The first-order valence-corrected chi connectivity index (χ1v) is 14.2. The highest BCUT2D eigenvalue weighted by Gasteiger charge is 2.41. The Morgan fingerprint density at radius 1 is 0.780 bits per heavy atom. The predicted molar refractivity (Wildman–Crippen MR) is 151 cm³/mol. The number of imide groups is 1. The van der Waals surface area contributed by atoms with Crippen LogP contribution in [0, 0.1) is 0 Å². The van der Waals surface area contributed by atoms with Crippen LogP contribution in [0.5, 0.6) is 0 Å². The molecule has 4 amide bonds. The van der Waals surface area contributed by atoms with Crippen molar-refractivity contribution in [3.63, 3.8) is 0 Å². The molecule has 0 bridgehead atoms. The lowest BCUT2D eigenvalue weighted by molar-refractivity contribution is -0.130. The predicted octanol–water partition coefficient (Wildman–Crippen LogP) is 4.77. The number of nitrogens with zero attached hydrogens (tertiary/aromatic N) is 3. The zero-order chi connectivity index (χ0) is 30.7. The van der Waals surface area contributed by atoms with E-state index in [-0.39, 0.29) is 36.5 Å². The van der Waals surface area contributed by atoms with Gasteiger partial charge in [0.25, 0.3) is 11.8 Å². The summed E-state index contributed by atoms with van der Waals surface area (Å²) in [6.07, 6.45) is 2.97. The minimum absolute atomic E-state index is 0.0509. The molecule has 11 nitrogen and oxygen atoms in total. The van der Waals surface area contributed by atoms with E-state index in [1.54, 1.807) is 48.2 Å². The van der Waals surface area contributed by atoms with Crippen molar-refractivity contribution in [2.75, 3.05) is 14.1 Å². The van der Waals surface area contributed by atoms with Crippen LogP contribution in [0.2, 0.25) is 0 Å². The van der Waals surface area contributed by atoms with E-state index in [2.05, 4.69) is 0 Å². The van der Waals surface area contributed by atoms with Crippen LogP contribution in [0.4, 0.5) is 9.59 Å². The molecule has 1 aromatic rings. The van der Waals surface area contributed by atoms with Crippen molar-refractivity contribution in [2.45, 2.75) is 116 Å². The molecule has 228 valence electrons. The summed E-state index contributed by atoms with van der Waals surface area (Å²) in [6, 6.07) is 6.74. The lowest BCUT2D eigenvalue weighted by Crippen LogP contribution is -2.40. The van der Waals surface area contributed by atoms with E-state index in [9.17, 15) is 24.3 Å². The van der Waals surface area contributed by atoms with Gasteiger partial charge in [0.15, 0.2) is 0 Å². The normalized spacial score (nSPS) is 24.0. The minimum Gasteiger partial charge on any atom is -0.444 e. The molecule has 0 aromatic heterocycles. The van der Waals surface area contributed by atoms with Crippen LogP contribution >= 0.6 is 0 Å². The molecular formula is C30H45N3O8. The van der Waals surface area contributed by atoms with Crippen LogP contribution in [0.15, 0.2) is 24.3 Å². The molecule has 11 heteroatoms. The number of amides is 4. The Morgan fingerprint density at radius 3 is 1.63 bits per heavy atom. The molecule has 3 aliphatic rings. The van der Waals surface area contributed by atoms with Crippen LogP contribution < -0.4 is 0 Å². The molecule has 1 N–H and O–H groups in total. The molecule has 2 aliphatic carbocycles. The number of hydrogen-bond acceptors (Lipinski definition) is 8. The lowest BCUT2D eigenvalue weighted by atomic mass is 10.1. The monoisotopic (exact) mass is 575 g/mol. The van der Waals surface area contributed by atoms with Gasteiger partial charge < -0.3 is 24.4 Å². The van der Waals surface area contributed by atoms with Gasteiger partial charge in [-0.1, -0.05) is 12.1 Å². The van der Waals surface area contributed by atoms with Crippen LogP contribution in [0.1, 0.15) is 101 Å². The molecular weight excluding hydrogens is 530 g/mol. The van der Waals surface area contributed by atoms with Crippen LogP contribution in [0.3, 0.4) is 0 Å². The first-order valence-electron chi connectivity index (χ1n) is 14.2. The summed E-state index contributed by atoms with van der Waals surface area (Å²) in [5.41, 5.74) is -0.293. The fourth-order valence-electron chi connectivity index (χ4n) is 5.03. The van der Waals surface area contributed by atoms with Crippen molar-refractivity contribution in [3.8, 4) is 0 Å². The molecule has 2 fully saturated rings. The van der Waals surface area contributed by atoms with Crippen molar-refractivity contribution in [2.24, 2.45) is 0 Å². The molecule has 2 saturated carbocycles. The van der Waals surface area contributed by atoms with Crippen molar-refractivity contribution in [1.82, 2.24) is 14.9 Å². The SMILES string of the molecule is CN(C(=O)OC(C)(C)C)C1CCC(O)C1.CN(C(=O)OC(C)(C)C)C1CCC(ON2C(=O)c3ccccc3C2=O)C1. The number of rotatable bonds is 4. The zero-order valence-electron chi connectivity index (χ0n) is 25.5. The summed E-state index contributed by atoms with van der Waals surface area (Å²) in [7, 11) is 3.43. The van der Waals surface area contributed by atoms with E-state index in [0.29, 0.717) is 30.4 Å². The fourth-order valence-corrected chi connectivity index (χ4v) is 5.03. The van der Waals surface area contributed by atoms with Gasteiger partial charge in [0.1, 0.15) is 11.2 Å². The Labute approximate surface area is 242 Å². The fraction of sp³-hybridized carbons (Fsp3) is 0.667. The van der Waals surface area contributed by atoms with Gasteiger partial charge in [0, 0.05) is 26.2 Å². The molecule has 1 heterocycles. The third-order valence-electron chi connectivity index (χ3n) is 7.20. The van der Waals surface area contributed by atoms with Crippen molar-refractivity contribution >= 4 is 24.0 Å². The lowest BCUT2D eigenvalue weighted by Gasteiger charge is -2.28. The van der Waals surface area contributed by atoms with Gasteiger partial charge in [-0.15, -0.1) is 5.06 Å². The van der Waals surface area contributed by atoms with Crippen LogP contribution in [-0.4, -0.2) is 93.6 Å². The molecule has 4 unspecified atom stereocenters. The maximum atomic E-state index is 12.4. The number of aliphatic hydroxyl groups is 1. The average Bonchev–Trinajstić information content (AvgIpc) is 3.57. The zero-order valence-corrected chi connectivity index (χ0v) is 25.5. The summed E-state index contributed by atoms with van der Waals surface area (Å²) < 4.78 is 10.6. The highest BCUT2D eigenvalue weighted by atomic mass is 16.7. The molecule has 1 aliphatic heterocycles. The Bertz CT molecular complexity index is 1090. The maximum absolute atomic E-state index is 12.4. The number of ether oxygens (including phenoxy) is 2. The highest BCUT2D eigenvalue weighted by molar-refractivity contribution is 6.20. The van der Waals surface area contributed by atoms with Gasteiger partial charge in [0.2, 0.25) is 0 Å². The summed E-state index contributed by atoms with van der Waals surface area (Å²) in [4.78, 5) is 57.5. The van der Waals surface area contributed by atoms with E-state index in [0.717, 1.165) is 24.3 Å². The molecule has 4 rings (SSSR count). The van der Waals surface area contributed by atoms with Gasteiger partial charge >= 0.3 is 12.2 Å².